The quantitative estimate of drug-likeness (QED) is 0.327. The van der Waals surface area contributed by atoms with Crippen LogP contribution in [0.25, 0.3) is 0 Å². The van der Waals surface area contributed by atoms with Gasteiger partial charge in [-0.05, 0) is 35.5 Å². The van der Waals surface area contributed by atoms with E-state index in [4.69, 9.17) is 47.0 Å². The molecule has 4 rings (SSSR count). The van der Waals surface area contributed by atoms with Crippen molar-refractivity contribution in [3.8, 4) is 0 Å². The minimum Gasteiger partial charge on any atom is -0.330 e. The summed E-state index contributed by atoms with van der Waals surface area (Å²) in [7, 11) is 0. The fourth-order valence-corrected chi connectivity index (χ4v) is 3.82. The maximum absolute atomic E-state index is 6.31. The van der Waals surface area contributed by atoms with E-state index >= 15 is 0 Å². The molecule has 2 aromatic carbocycles. The number of hydrogen-bond acceptors (Lipinski definition) is 3. The molecule has 2 heterocycles. The van der Waals surface area contributed by atoms with Gasteiger partial charge in [0.05, 0.1) is 25.0 Å². The van der Waals surface area contributed by atoms with Crippen LogP contribution in [0.4, 0.5) is 11.5 Å². The van der Waals surface area contributed by atoms with Gasteiger partial charge < -0.3 is 10.6 Å². The molecule has 0 aliphatic rings. The number of hydrogen-bond donors (Lipinski definition) is 2. The van der Waals surface area contributed by atoms with Crippen LogP contribution in [0.1, 0.15) is 11.1 Å². The molecule has 0 unspecified atom stereocenters. The summed E-state index contributed by atoms with van der Waals surface area (Å²) < 4.78 is 3.51. The molecule has 0 fully saturated rings. The predicted molar refractivity (Wildman–Crippen MR) is 130 cm³/mol. The second-order valence-electron chi connectivity index (χ2n) is 6.75. The number of nitrogens with zero attached hydrogens (tertiary/aromatic N) is 4. The van der Waals surface area contributed by atoms with Crippen LogP contribution in [-0.4, -0.2) is 24.7 Å². The molecule has 0 saturated heterocycles. The Balaban J connectivity index is 1.36. The number of nitrogens with one attached hydrogen (secondary N) is 2. The lowest BCUT2D eigenvalue weighted by atomic mass is 10.2. The van der Waals surface area contributed by atoms with Crippen LogP contribution in [0, 0.1) is 0 Å². The fourth-order valence-electron chi connectivity index (χ4n) is 2.94. The van der Waals surface area contributed by atoms with Gasteiger partial charge in [-0.15, -0.1) is 0 Å². The highest BCUT2D eigenvalue weighted by Crippen LogP contribution is 2.23. The molecule has 0 spiro atoms. The largest absolute Gasteiger partial charge is 0.330 e. The normalized spacial score (nSPS) is 10.8. The summed E-state index contributed by atoms with van der Waals surface area (Å²) in [5.41, 5.74) is 2.77. The molecule has 0 amide bonds. The van der Waals surface area contributed by atoms with Gasteiger partial charge in [0.1, 0.15) is 5.02 Å². The number of benzene rings is 2. The first-order chi connectivity index (χ1) is 15.0. The molecule has 0 atom stereocenters. The van der Waals surface area contributed by atoms with E-state index in [1.54, 1.807) is 33.9 Å². The summed E-state index contributed by atoms with van der Waals surface area (Å²) in [6.45, 7) is 1.12. The molecule has 4 aromatic rings. The molecule has 0 aliphatic heterocycles. The first kappa shape index (κ1) is 21.6. The van der Waals surface area contributed by atoms with Gasteiger partial charge in [0.15, 0.2) is 10.9 Å². The fraction of sp³-hybridized carbons (Fsp3) is 0.0952. The van der Waals surface area contributed by atoms with Crippen molar-refractivity contribution in [2.24, 2.45) is 0 Å². The zero-order chi connectivity index (χ0) is 21.8. The first-order valence-electron chi connectivity index (χ1n) is 9.27. The molecule has 0 bridgehead atoms. The van der Waals surface area contributed by atoms with Crippen molar-refractivity contribution >= 4 is 63.6 Å². The standard InChI is InChI=1S/C21H17Cl3N6S/c22-16-7-6-15(18(23)8-16)11-29-12-17(9-25-29)26-21(31)27-20-19(24)13-30(28-20)10-14-4-2-1-3-5-14/h1-9,12-13H,10-11H2,(H2,26,27,28,31). The third-order valence-corrected chi connectivity index (χ3v) is 5.44. The predicted octanol–water partition coefficient (Wildman–Crippen LogP) is 5.95. The molecular weight excluding hydrogens is 475 g/mol. The van der Waals surface area contributed by atoms with E-state index in [1.807, 2.05) is 42.6 Å². The Morgan fingerprint density at radius 2 is 1.71 bits per heavy atom. The average molecular weight is 492 g/mol. The van der Waals surface area contributed by atoms with Gasteiger partial charge in [-0.3, -0.25) is 9.36 Å². The molecule has 158 valence electrons. The van der Waals surface area contributed by atoms with Crippen LogP contribution in [0.5, 0.6) is 0 Å². The summed E-state index contributed by atoms with van der Waals surface area (Å²) in [6.07, 6.45) is 5.26. The van der Waals surface area contributed by atoms with Crippen LogP contribution < -0.4 is 10.6 Å². The lowest BCUT2D eigenvalue weighted by Gasteiger charge is -2.07. The second kappa shape index (κ2) is 9.70. The summed E-state index contributed by atoms with van der Waals surface area (Å²) in [6, 6.07) is 15.4. The molecular formula is C21H17Cl3N6S. The van der Waals surface area contributed by atoms with Crippen LogP contribution in [0.15, 0.2) is 67.1 Å². The van der Waals surface area contributed by atoms with E-state index in [0.717, 1.165) is 16.8 Å². The van der Waals surface area contributed by atoms with Crippen molar-refractivity contribution in [1.29, 1.82) is 0 Å². The molecule has 0 saturated carbocycles. The highest BCUT2D eigenvalue weighted by Gasteiger charge is 2.10. The van der Waals surface area contributed by atoms with Gasteiger partial charge in [-0.2, -0.15) is 10.2 Å². The van der Waals surface area contributed by atoms with Crippen LogP contribution in [0.2, 0.25) is 15.1 Å². The lowest BCUT2D eigenvalue weighted by molar-refractivity contribution is 0.687. The van der Waals surface area contributed by atoms with E-state index in [2.05, 4.69) is 20.8 Å². The Morgan fingerprint density at radius 1 is 0.903 bits per heavy atom. The Morgan fingerprint density at radius 3 is 2.48 bits per heavy atom. The van der Waals surface area contributed by atoms with Crippen molar-refractivity contribution in [1.82, 2.24) is 19.6 Å². The monoisotopic (exact) mass is 490 g/mol. The number of thiocarbonyl (C=S) groups is 1. The highest BCUT2D eigenvalue weighted by atomic mass is 35.5. The summed E-state index contributed by atoms with van der Waals surface area (Å²) >= 11 is 23.9. The molecule has 2 N–H and O–H groups in total. The van der Waals surface area contributed by atoms with Gasteiger partial charge >= 0.3 is 0 Å². The van der Waals surface area contributed by atoms with E-state index in [1.165, 1.54) is 0 Å². The van der Waals surface area contributed by atoms with Gasteiger partial charge in [0.2, 0.25) is 0 Å². The molecule has 10 heteroatoms. The van der Waals surface area contributed by atoms with Gasteiger partial charge in [-0.1, -0.05) is 71.2 Å². The number of anilines is 2. The minimum absolute atomic E-state index is 0.357. The summed E-state index contributed by atoms with van der Waals surface area (Å²) in [5.74, 6) is 0.482. The average Bonchev–Trinajstić information content (AvgIpc) is 3.31. The SMILES string of the molecule is S=C(Nc1cnn(Cc2ccc(Cl)cc2Cl)c1)Nc1nn(Cc2ccccc2)cc1Cl. The Labute approximate surface area is 199 Å². The van der Waals surface area contributed by atoms with E-state index in [9.17, 15) is 0 Å². The van der Waals surface area contributed by atoms with E-state index in [0.29, 0.717) is 39.1 Å². The van der Waals surface area contributed by atoms with Gasteiger partial charge in [-0.25, -0.2) is 0 Å². The van der Waals surface area contributed by atoms with Crippen LogP contribution in [0.3, 0.4) is 0 Å². The van der Waals surface area contributed by atoms with E-state index in [-0.39, 0.29) is 0 Å². The highest BCUT2D eigenvalue weighted by molar-refractivity contribution is 7.80. The van der Waals surface area contributed by atoms with Crippen LogP contribution >= 0.6 is 47.0 Å². The Kier molecular flexibility index (Phi) is 6.77. The smallest absolute Gasteiger partial charge is 0.176 e. The molecule has 6 nitrogen and oxygen atoms in total. The van der Waals surface area contributed by atoms with Crippen molar-refractivity contribution in [3.05, 3.63) is 93.3 Å². The number of halogens is 3. The van der Waals surface area contributed by atoms with Crippen molar-refractivity contribution in [2.75, 3.05) is 10.6 Å². The zero-order valence-corrected chi connectivity index (χ0v) is 19.2. The minimum atomic E-state index is 0.357. The Hall–Kier alpha value is -2.58. The molecule has 0 radical (unpaired) electrons. The number of aromatic nitrogens is 4. The van der Waals surface area contributed by atoms with E-state index < -0.39 is 0 Å². The van der Waals surface area contributed by atoms with Gasteiger partial charge in [0, 0.05) is 22.4 Å². The van der Waals surface area contributed by atoms with Crippen molar-refractivity contribution < 1.29 is 0 Å². The molecule has 2 aromatic heterocycles. The van der Waals surface area contributed by atoms with Crippen molar-refractivity contribution in [3.63, 3.8) is 0 Å². The third-order valence-electron chi connectivity index (χ3n) is 4.37. The zero-order valence-electron chi connectivity index (χ0n) is 16.1. The Bertz CT molecular complexity index is 1210. The van der Waals surface area contributed by atoms with Crippen molar-refractivity contribution in [2.45, 2.75) is 13.1 Å². The number of rotatable bonds is 6. The summed E-state index contributed by atoms with van der Waals surface area (Å²) in [4.78, 5) is 0. The molecule has 31 heavy (non-hydrogen) atoms. The topological polar surface area (TPSA) is 59.7 Å². The second-order valence-corrected chi connectivity index (χ2v) is 8.41. The third kappa shape index (κ3) is 5.77. The van der Waals surface area contributed by atoms with Crippen LogP contribution in [-0.2, 0) is 13.1 Å². The van der Waals surface area contributed by atoms with Gasteiger partial charge in [0.25, 0.3) is 0 Å². The summed E-state index contributed by atoms with van der Waals surface area (Å²) in [5, 5.41) is 16.9. The molecule has 0 aliphatic carbocycles. The maximum atomic E-state index is 6.31. The maximum Gasteiger partial charge on any atom is 0.176 e. The first-order valence-corrected chi connectivity index (χ1v) is 10.8. The lowest BCUT2D eigenvalue weighted by Crippen LogP contribution is -2.19.